The normalized spacial score (nSPS) is 16.7. The van der Waals surface area contributed by atoms with Gasteiger partial charge in [0.25, 0.3) is 0 Å². The lowest BCUT2D eigenvalue weighted by Gasteiger charge is -2.27. The van der Waals surface area contributed by atoms with E-state index in [1.165, 1.54) is 15.5 Å². The molecule has 1 aliphatic rings. The lowest BCUT2D eigenvalue weighted by molar-refractivity contribution is -0.130. The van der Waals surface area contributed by atoms with Crippen LogP contribution < -0.4 is 10.7 Å². The minimum Gasteiger partial charge on any atom is -0.444 e. The standard InChI is InChI=1S/C28H31FN4O6Si/c1-28(2,3)39-27(36)33-10-5-11-37-24(16-33)25(34)31-40-20(15-30)12-19-7-6-17(13-21(19)29)18-8-9-23-22(14-18)32(4)26(35)38-23/h6-9,13-14,20,24H,5,10-12,16H2,1-4H3,(H,31,34)/t20-,24-/m0/s1. The first-order chi connectivity index (χ1) is 18.9. The van der Waals surface area contributed by atoms with E-state index in [9.17, 15) is 19.6 Å². The van der Waals surface area contributed by atoms with Crippen molar-refractivity contribution >= 4 is 32.8 Å². The van der Waals surface area contributed by atoms with Gasteiger partial charge in [0, 0.05) is 20.2 Å². The molecule has 1 aromatic heterocycles. The average Bonchev–Trinajstić information content (AvgIpc) is 3.06. The minimum absolute atomic E-state index is 0.0390. The van der Waals surface area contributed by atoms with Gasteiger partial charge >= 0.3 is 11.8 Å². The Balaban J connectivity index is 1.37. The third kappa shape index (κ3) is 6.97. The molecule has 2 heterocycles. The Morgan fingerprint density at radius 1 is 1.25 bits per heavy atom. The fourth-order valence-electron chi connectivity index (χ4n) is 4.26. The third-order valence-corrected chi connectivity index (χ3v) is 7.42. The first kappa shape index (κ1) is 29.0. The third-order valence-electron chi connectivity index (χ3n) is 6.35. The SMILES string of the molecule is Cn1c(=O)oc2ccc(-c3ccc(C[C@@H](C#N)[Si]NC(=O)[C@@H]4CN(C(=O)OC(C)(C)C)CCCO4)c(F)c3)cc21. The molecule has 12 heteroatoms. The van der Waals surface area contributed by atoms with Crippen LogP contribution in [0.2, 0.25) is 5.54 Å². The molecule has 1 N–H and O–H groups in total. The molecule has 1 fully saturated rings. The number of carbonyl (C=O) groups is 2. The smallest absolute Gasteiger partial charge is 0.419 e. The molecule has 2 aromatic carbocycles. The number of fused-ring (bicyclic) bond motifs is 1. The van der Waals surface area contributed by atoms with E-state index in [1.807, 2.05) is 0 Å². The number of hydrogen-bond donors (Lipinski definition) is 1. The molecule has 210 valence electrons. The van der Waals surface area contributed by atoms with Gasteiger partial charge in [-0.1, -0.05) is 18.2 Å². The average molecular weight is 567 g/mol. The van der Waals surface area contributed by atoms with Crippen LogP contribution in [0.3, 0.4) is 0 Å². The van der Waals surface area contributed by atoms with Gasteiger partial charge in [0.2, 0.25) is 5.91 Å². The van der Waals surface area contributed by atoms with Crippen LogP contribution in [-0.4, -0.2) is 62.6 Å². The summed E-state index contributed by atoms with van der Waals surface area (Å²) in [7, 11) is 1.30. The van der Waals surface area contributed by atoms with E-state index >= 15 is 4.39 Å². The highest BCUT2D eigenvalue weighted by molar-refractivity contribution is 6.40. The molecular weight excluding hydrogens is 535 g/mol. The summed E-state index contributed by atoms with van der Waals surface area (Å²) in [5, 5.41) is 9.68. The number of aryl methyl sites for hydroxylation is 1. The second kappa shape index (κ2) is 12.1. The van der Waals surface area contributed by atoms with Crippen molar-refractivity contribution in [1.82, 2.24) is 14.4 Å². The van der Waals surface area contributed by atoms with E-state index in [2.05, 4.69) is 11.1 Å². The highest BCUT2D eigenvalue weighted by Crippen LogP contribution is 2.27. The molecule has 1 aliphatic heterocycles. The number of hydrogen-bond acceptors (Lipinski definition) is 7. The van der Waals surface area contributed by atoms with Crippen LogP contribution in [0, 0.1) is 17.1 Å². The van der Waals surface area contributed by atoms with Gasteiger partial charge in [-0.3, -0.25) is 9.36 Å². The van der Waals surface area contributed by atoms with Crippen LogP contribution in [0.4, 0.5) is 9.18 Å². The van der Waals surface area contributed by atoms with E-state index in [4.69, 9.17) is 13.9 Å². The molecular formula is C28H31FN4O6Si. The minimum atomic E-state index is -0.898. The Hall–Kier alpha value is -3.95. The number of nitriles is 1. The van der Waals surface area contributed by atoms with Crippen molar-refractivity contribution < 1.29 is 27.9 Å². The Morgan fingerprint density at radius 2 is 1.98 bits per heavy atom. The number of carbonyl (C=O) groups excluding carboxylic acids is 2. The Morgan fingerprint density at radius 3 is 2.67 bits per heavy atom. The van der Waals surface area contributed by atoms with Crippen LogP contribution in [0.5, 0.6) is 0 Å². The Bertz CT molecular complexity index is 1510. The van der Waals surface area contributed by atoms with Gasteiger partial charge in [0.15, 0.2) is 21.4 Å². The molecule has 2 atom stereocenters. The molecule has 40 heavy (non-hydrogen) atoms. The number of aromatic nitrogens is 1. The van der Waals surface area contributed by atoms with Crippen molar-refractivity contribution in [2.45, 2.75) is 50.9 Å². The number of amides is 2. The van der Waals surface area contributed by atoms with Gasteiger partial charge in [-0.25, -0.2) is 14.0 Å². The lowest BCUT2D eigenvalue weighted by Crippen LogP contribution is -2.47. The first-order valence-corrected chi connectivity index (χ1v) is 14.0. The van der Waals surface area contributed by atoms with E-state index in [0.29, 0.717) is 47.4 Å². The summed E-state index contributed by atoms with van der Waals surface area (Å²) in [6, 6.07) is 12.1. The molecule has 0 unspecified atom stereocenters. The van der Waals surface area contributed by atoms with Gasteiger partial charge in [-0.05, 0) is 68.5 Å². The fourth-order valence-corrected chi connectivity index (χ4v) is 5.13. The van der Waals surface area contributed by atoms with Gasteiger partial charge in [-0.15, -0.1) is 0 Å². The molecule has 10 nitrogen and oxygen atoms in total. The molecule has 1 saturated heterocycles. The highest BCUT2D eigenvalue weighted by atomic mass is 28.2. The summed E-state index contributed by atoms with van der Waals surface area (Å²) in [6.45, 7) is 6.07. The molecule has 2 amide bonds. The molecule has 3 aromatic rings. The monoisotopic (exact) mass is 566 g/mol. The number of ether oxygens (including phenoxy) is 2. The largest absolute Gasteiger partial charge is 0.444 e. The van der Waals surface area contributed by atoms with Crippen molar-refractivity contribution in [1.29, 1.82) is 5.26 Å². The predicted molar refractivity (Wildman–Crippen MR) is 146 cm³/mol. The maximum absolute atomic E-state index is 15.1. The first-order valence-electron chi connectivity index (χ1n) is 12.9. The van der Waals surface area contributed by atoms with Gasteiger partial charge in [-0.2, -0.15) is 5.26 Å². The quantitative estimate of drug-likeness (QED) is 0.452. The summed E-state index contributed by atoms with van der Waals surface area (Å²) in [4.78, 5) is 41.3. The van der Waals surface area contributed by atoms with Crippen molar-refractivity contribution in [3.05, 3.63) is 58.3 Å². The van der Waals surface area contributed by atoms with Crippen LogP contribution in [0.15, 0.2) is 45.6 Å². The zero-order chi connectivity index (χ0) is 29.0. The van der Waals surface area contributed by atoms with Crippen LogP contribution in [0.25, 0.3) is 22.2 Å². The second-order valence-electron chi connectivity index (χ2n) is 10.6. The number of halogens is 1. The molecule has 0 spiro atoms. The van der Waals surface area contributed by atoms with Gasteiger partial charge < -0.3 is 23.8 Å². The van der Waals surface area contributed by atoms with E-state index in [0.717, 1.165) is 0 Å². The van der Waals surface area contributed by atoms with Crippen molar-refractivity contribution in [3.63, 3.8) is 0 Å². The zero-order valence-electron chi connectivity index (χ0n) is 22.8. The van der Waals surface area contributed by atoms with Gasteiger partial charge in [0.05, 0.1) is 23.7 Å². The molecule has 2 radical (unpaired) electrons. The van der Waals surface area contributed by atoms with Crippen LogP contribution in [-0.2, 0) is 27.7 Å². The maximum Gasteiger partial charge on any atom is 0.419 e. The summed E-state index contributed by atoms with van der Waals surface area (Å²) >= 11 is 0. The summed E-state index contributed by atoms with van der Waals surface area (Å²) in [5.41, 5.74) is 1.39. The van der Waals surface area contributed by atoms with E-state index in [1.54, 1.807) is 58.2 Å². The number of nitrogens with one attached hydrogen (secondary N) is 1. The predicted octanol–water partition coefficient (Wildman–Crippen LogP) is 3.55. The van der Waals surface area contributed by atoms with Crippen LogP contribution >= 0.6 is 0 Å². The zero-order valence-corrected chi connectivity index (χ0v) is 23.8. The van der Waals surface area contributed by atoms with E-state index < -0.39 is 40.8 Å². The maximum atomic E-state index is 15.1. The van der Waals surface area contributed by atoms with Crippen molar-refractivity contribution in [2.75, 3.05) is 19.7 Å². The number of rotatable bonds is 6. The van der Waals surface area contributed by atoms with Gasteiger partial charge in [0.1, 0.15) is 11.4 Å². The highest BCUT2D eigenvalue weighted by Gasteiger charge is 2.31. The lowest BCUT2D eigenvalue weighted by atomic mass is 10.0. The topological polar surface area (TPSA) is 127 Å². The number of nitrogens with zero attached hydrogens (tertiary/aromatic N) is 3. The Labute approximate surface area is 233 Å². The summed E-state index contributed by atoms with van der Waals surface area (Å²) in [6.07, 6.45) is -0.743. The number of benzene rings is 2. The van der Waals surface area contributed by atoms with Crippen molar-refractivity contribution in [3.8, 4) is 17.2 Å². The molecule has 0 bridgehead atoms. The molecule has 0 aliphatic carbocycles. The number of oxazole rings is 1. The summed E-state index contributed by atoms with van der Waals surface area (Å²) in [5.74, 6) is -1.39. The van der Waals surface area contributed by atoms with Crippen molar-refractivity contribution in [2.24, 2.45) is 7.05 Å². The van der Waals surface area contributed by atoms with Crippen LogP contribution in [0.1, 0.15) is 32.8 Å². The Kier molecular flexibility index (Phi) is 8.75. The summed E-state index contributed by atoms with van der Waals surface area (Å²) < 4.78 is 32.7. The van der Waals surface area contributed by atoms with E-state index in [-0.39, 0.29) is 22.6 Å². The molecule has 0 saturated carbocycles. The fraction of sp³-hybridized carbons (Fsp3) is 0.429. The molecule has 4 rings (SSSR count). The second-order valence-corrected chi connectivity index (χ2v) is 11.8.